The Balaban J connectivity index is 1.39. The van der Waals surface area contributed by atoms with Gasteiger partial charge in [0.1, 0.15) is 17.8 Å². The number of furan rings is 1. The Morgan fingerprint density at radius 2 is 1.63 bits per heavy atom. The van der Waals surface area contributed by atoms with E-state index in [1.807, 2.05) is 36.4 Å². The van der Waals surface area contributed by atoms with Gasteiger partial charge in [0.25, 0.3) is 0 Å². The van der Waals surface area contributed by atoms with Crippen LogP contribution >= 0.6 is 0 Å². The Morgan fingerprint density at radius 1 is 0.889 bits per heavy atom. The van der Waals surface area contributed by atoms with Gasteiger partial charge in [0, 0.05) is 58.2 Å². The molecule has 14 heteroatoms. The molecule has 5 amide bonds. The lowest BCUT2D eigenvalue weighted by Crippen LogP contribution is -2.51. The van der Waals surface area contributed by atoms with Crippen LogP contribution < -0.4 is 32.3 Å². The lowest BCUT2D eigenvalue weighted by molar-refractivity contribution is -0.132. The highest BCUT2D eigenvalue weighted by molar-refractivity contribution is 5.90. The maximum atomic E-state index is 13.7. The molecule has 0 radical (unpaired) electrons. The van der Waals surface area contributed by atoms with Gasteiger partial charge in [-0.05, 0) is 53.8 Å². The first-order valence-corrected chi connectivity index (χ1v) is 18.5. The maximum Gasteiger partial charge on any atom is 0.243 e. The van der Waals surface area contributed by atoms with Crippen LogP contribution in [0.3, 0.4) is 0 Å². The second-order valence-electron chi connectivity index (χ2n) is 13.5. The van der Waals surface area contributed by atoms with Crippen molar-refractivity contribution in [1.82, 2.24) is 31.5 Å². The Morgan fingerprint density at radius 3 is 2.39 bits per heavy atom. The largest absolute Gasteiger partial charge is 0.469 e. The molecule has 5 rings (SSSR count). The van der Waals surface area contributed by atoms with Gasteiger partial charge in [0.15, 0.2) is 0 Å². The van der Waals surface area contributed by atoms with Crippen LogP contribution in [0.15, 0.2) is 83.5 Å². The summed E-state index contributed by atoms with van der Waals surface area (Å²) >= 11 is 0. The van der Waals surface area contributed by atoms with Crippen molar-refractivity contribution in [2.75, 3.05) is 45.9 Å². The molecule has 2 aliphatic rings. The van der Waals surface area contributed by atoms with Crippen LogP contribution in [0.5, 0.6) is 0 Å². The number of benzene rings is 2. The molecule has 2 aromatic carbocycles. The molecule has 2 bridgehead atoms. The van der Waals surface area contributed by atoms with Crippen LogP contribution in [0.4, 0.5) is 0 Å². The highest BCUT2D eigenvalue weighted by Crippen LogP contribution is 2.18. The molecule has 54 heavy (non-hydrogen) atoms. The molecule has 4 atom stereocenters. The summed E-state index contributed by atoms with van der Waals surface area (Å²) in [5.41, 5.74) is 8.49. The van der Waals surface area contributed by atoms with Crippen molar-refractivity contribution in [1.29, 1.82) is 0 Å². The molecule has 0 saturated carbocycles. The lowest BCUT2D eigenvalue weighted by atomic mass is 9.96. The minimum absolute atomic E-state index is 0.0514. The molecule has 2 aliphatic heterocycles. The van der Waals surface area contributed by atoms with E-state index in [9.17, 15) is 24.0 Å². The third-order valence-corrected chi connectivity index (χ3v) is 9.51. The number of nitrogens with two attached hydrogens (primary N) is 1. The molecular weight excluding hydrogens is 690 g/mol. The minimum Gasteiger partial charge on any atom is -0.469 e. The second-order valence-corrected chi connectivity index (χ2v) is 13.5. The van der Waals surface area contributed by atoms with Crippen LogP contribution in [0.1, 0.15) is 40.9 Å². The molecule has 3 heterocycles. The standard InChI is InChI=1S/C40H51N7O7/c41-15-20-53-21-16-42-39(51)34-22-28-8-1-3-10-30(28)25-43-36(48)14-6-18-47-17-5-12-32(27-47)38(50)46-35(24-33-13-7-19-54-33)40(52)44-26-31-11-4-2-9-29(31)23-37(49)45-34/h1-4,6-11,13-14,19,32,34-35H,5,12,15-18,20-27,41H2,(H,42,51)(H,43,48)(H,44,52)(H,45,49)(H,46,50)/b14-6+/t32-,34+,35+/m1/s1. The Hall–Kier alpha value is -5.31. The molecular formula is C40H51N7O7. The summed E-state index contributed by atoms with van der Waals surface area (Å²) in [4.78, 5) is 69.3. The molecule has 1 saturated heterocycles. The highest BCUT2D eigenvalue weighted by atomic mass is 16.5. The van der Waals surface area contributed by atoms with Gasteiger partial charge in [-0.1, -0.05) is 54.6 Å². The van der Waals surface area contributed by atoms with Gasteiger partial charge in [-0.3, -0.25) is 28.9 Å². The van der Waals surface area contributed by atoms with Gasteiger partial charge in [-0.15, -0.1) is 0 Å². The molecule has 0 spiro atoms. The number of hydrogen-bond acceptors (Lipinski definition) is 9. The summed E-state index contributed by atoms with van der Waals surface area (Å²) in [5, 5.41) is 14.6. The van der Waals surface area contributed by atoms with Crippen molar-refractivity contribution in [3.05, 3.63) is 107 Å². The number of amides is 5. The SMILES string of the molecule is NCCOCCNC(=O)[C@@H]1Cc2ccccc2CNC(=O)/C=C/CN2CCC[C@H](C2)C(=O)N[C@@H](Cc2ccco2)C(=O)NCc2ccccc2CC(=O)N1. The van der Waals surface area contributed by atoms with E-state index in [1.54, 1.807) is 30.3 Å². The van der Waals surface area contributed by atoms with Crippen LogP contribution in [-0.2, 0) is 61.1 Å². The van der Waals surface area contributed by atoms with E-state index in [2.05, 4.69) is 31.5 Å². The zero-order chi connectivity index (χ0) is 38.1. The summed E-state index contributed by atoms with van der Waals surface area (Å²) in [6.45, 7) is 3.32. The molecule has 7 N–H and O–H groups in total. The van der Waals surface area contributed by atoms with E-state index in [1.165, 1.54) is 12.3 Å². The Bertz CT molecular complexity index is 1750. The Labute approximate surface area is 315 Å². The van der Waals surface area contributed by atoms with Gasteiger partial charge >= 0.3 is 0 Å². The van der Waals surface area contributed by atoms with Crippen molar-refractivity contribution in [3.8, 4) is 0 Å². The van der Waals surface area contributed by atoms with Gasteiger partial charge in [0.2, 0.25) is 29.5 Å². The van der Waals surface area contributed by atoms with E-state index in [0.717, 1.165) is 24.1 Å². The zero-order valence-electron chi connectivity index (χ0n) is 30.5. The molecule has 3 aromatic rings. The number of hydrogen-bond donors (Lipinski definition) is 6. The van der Waals surface area contributed by atoms with E-state index >= 15 is 0 Å². The van der Waals surface area contributed by atoms with E-state index < -0.39 is 12.1 Å². The van der Waals surface area contributed by atoms with Crippen molar-refractivity contribution >= 4 is 29.5 Å². The molecule has 288 valence electrons. The monoisotopic (exact) mass is 741 g/mol. The number of nitrogens with zero attached hydrogens (tertiary/aromatic N) is 1. The average molecular weight is 742 g/mol. The summed E-state index contributed by atoms with van der Waals surface area (Å²) < 4.78 is 10.9. The number of carbonyl (C=O) groups is 5. The van der Waals surface area contributed by atoms with Crippen molar-refractivity contribution in [3.63, 3.8) is 0 Å². The third kappa shape index (κ3) is 12.4. The van der Waals surface area contributed by atoms with Gasteiger partial charge in [-0.2, -0.15) is 0 Å². The average Bonchev–Trinajstić information content (AvgIpc) is 3.69. The smallest absolute Gasteiger partial charge is 0.243 e. The molecule has 14 nitrogen and oxygen atoms in total. The Kier molecular flexibility index (Phi) is 15.4. The minimum atomic E-state index is -0.930. The van der Waals surface area contributed by atoms with Gasteiger partial charge in [0.05, 0.1) is 31.8 Å². The number of carbonyl (C=O) groups excluding carboxylic acids is 5. The van der Waals surface area contributed by atoms with Crippen molar-refractivity contribution in [2.24, 2.45) is 11.7 Å². The highest BCUT2D eigenvalue weighted by Gasteiger charge is 2.30. The number of ether oxygens (including phenoxy) is 1. The topological polar surface area (TPSA) is 197 Å². The molecule has 0 aliphatic carbocycles. The van der Waals surface area contributed by atoms with Crippen LogP contribution in [0.2, 0.25) is 0 Å². The number of rotatable bonds is 8. The fourth-order valence-corrected chi connectivity index (χ4v) is 6.65. The first kappa shape index (κ1) is 39.9. The summed E-state index contributed by atoms with van der Waals surface area (Å²) in [7, 11) is 0. The summed E-state index contributed by atoms with van der Waals surface area (Å²) in [6, 6.07) is 16.4. The summed E-state index contributed by atoms with van der Waals surface area (Å²) in [6.07, 6.45) is 6.55. The van der Waals surface area contributed by atoms with E-state index in [-0.39, 0.29) is 81.0 Å². The molecule has 1 unspecified atom stereocenters. The first-order valence-electron chi connectivity index (χ1n) is 18.5. The van der Waals surface area contributed by atoms with Crippen molar-refractivity contribution in [2.45, 2.75) is 57.3 Å². The van der Waals surface area contributed by atoms with Crippen molar-refractivity contribution < 1.29 is 33.1 Å². The van der Waals surface area contributed by atoms with E-state index in [0.29, 0.717) is 49.5 Å². The van der Waals surface area contributed by atoms with Crippen LogP contribution in [0, 0.1) is 5.92 Å². The fraction of sp³-hybridized carbons (Fsp3) is 0.425. The normalized spacial score (nSPS) is 22.5. The van der Waals surface area contributed by atoms with Gasteiger partial charge in [-0.25, -0.2) is 0 Å². The zero-order valence-corrected chi connectivity index (χ0v) is 30.5. The van der Waals surface area contributed by atoms with Crippen LogP contribution in [0.25, 0.3) is 0 Å². The molecule has 1 aromatic heterocycles. The van der Waals surface area contributed by atoms with E-state index in [4.69, 9.17) is 14.9 Å². The predicted molar refractivity (Wildman–Crippen MR) is 201 cm³/mol. The lowest BCUT2D eigenvalue weighted by Gasteiger charge is -2.32. The fourth-order valence-electron chi connectivity index (χ4n) is 6.65. The van der Waals surface area contributed by atoms with Crippen LogP contribution in [-0.4, -0.2) is 92.5 Å². The quantitative estimate of drug-likeness (QED) is 0.182. The second kappa shape index (κ2) is 20.8. The first-order chi connectivity index (χ1) is 26.3. The maximum absolute atomic E-state index is 13.7. The predicted octanol–water partition coefficient (Wildman–Crippen LogP) is 0.883. The van der Waals surface area contributed by atoms with Gasteiger partial charge < -0.3 is 41.5 Å². The number of piperidine rings is 1. The molecule has 1 fully saturated rings. The number of nitrogens with one attached hydrogen (secondary N) is 5. The summed E-state index contributed by atoms with van der Waals surface area (Å²) in [5.74, 6) is -1.43. The third-order valence-electron chi connectivity index (χ3n) is 9.51. The number of fused-ring (bicyclic) bond motifs is 4.